The third-order valence-electron chi connectivity index (χ3n) is 7.36. The maximum absolute atomic E-state index is 15.2. The molecule has 0 spiro atoms. The fraction of sp³-hybridized carbons (Fsp3) is 0.310. The van der Waals surface area contributed by atoms with Crippen LogP contribution in [0.1, 0.15) is 11.3 Å². The molecule has 0 saturated carbocycles. The first-order chi connectivity index (χ1) is 20.8. The molecular formula is C29H28FN5O8. The van der Waals surface area contributed by atoms with Gasteiger partial charge in [0.05, 0.1) is 37.1 Å². The molecule has 3 aromatic rings. The summed E-state index contributed by atoms with van der Waals surface area (Å²) in [6.45, 7) is 3.20. The molecule has 2 aromatic carbocycles. The van der Waals surface area contributed by atoms with Gasteiger partial charge in [0.2, 0.25) is 12.7 Å². The molecule has 1 aromatic heterocycles. The van der Waals surface area contributed by atoms with E-state index in [1.165, 1.54) is 23.1 Å². The van der Waals surface area contributed by atoms with Crippen LogP contribution in [0.4, 0.5) is 26.4 Å². The third kappa shape index (κ3) is 6.38. The minimum atomic E-state index is -0.617. The Bertz CT molecular complexity index is 1570. The number of anilines is 2. The lowest BCUT2D eigenvalue weighted by molar-refractivity contribution is -0.402. The highest BCUT2D eigenvalue weighted by molar-refractivity contribution is 5.92. The summed E-state index contributed by atoms with van der Waals surface area (Å²) in [5, 5.41) is 13.5. The summed E-state index contributed by atoms with van der Waals surface area (Å²) in [6, 6.07) is 12.9. The number of halogens is 1. The Kier molecular flexibility index (Phi) is 7.83. The van der Waals surface area contributed by atoms with Crippen molar-refractivity contribution in [3.05, 3.63) is 81.9 Å². The van der Waals surface area contributed by atoms with Gasteiger partial charge in [0.1, 0.15) is 22.6 Å². The van der Waals surface area contributed by atoms with Crippen LogP contribution < -0.4 is 24.6 Å². The number of rotatable bonds is 9. The number of benzene rings is 2. The fourth-order valence-electron chi connectivity index (χ4n) is 5.14. The SMILES string of the molecule is O=C(/C=C/c1ccc2c(c1)OCO2)NCC1CN(c2ccc(N3CCN(Cc4ccc([N+](=O)[O-])o4)CC3)c(F)c2)C(=O)O1. The van der Waals surface area contributed by atoms with Crippen LogP contribution >= 0.6 is 0 Å². The summed E-state index contributed by atoms with van der Waals surface area (Å²) < 4.78 is 36.4. The minimum Gasteiger partial charge on any atom is -0.454 e. The summed E-state index contributed by atoms with van der Waals surface area (Å²) in [7, 11) is 0. The number of nitro groups is 1. The van der Waals surface area contributed by atoms with E-state index in [0.717, 1.165) is 5.56 Å². The van der Waals surface area contributed by atoms with E-state index in [2.05, 4.69) is 10.2 Å². The van der Waals surface area contributed by atoms with Crippen molar-refractivity contribution in [1.82, 2.24) is 10.2 Å². The first-order valence-corrected chi connectivity index (χ1v) is 13.7. The molecule has 224 valence electrons. The molecule has 0 aliphatic carbocycles. The van der Waals surface area contributed by atoms with E-state index >= 15 is 4.39 Å². The largest absolute Gasteiger partial charge is 0.454 e. The number of piperazine rings is 1. The zero-order chi connectivity index (χ0) is 29.9. The number of hydrogen-bond donors (Lipinski definition) is 1. The van der Waals surface area contributed by atoms with Gasteiger partial charge in [-0.15, -0.1) is 0 Å². The van der Waals surface area contributed by atoms with E-state index < -0.39 is 22.9 Å². The number of nitrogens with one attached hydrogen (secondary N) is 1. The Hall–Kier alpha value is -5.11. The molecule has 0 bridgehead atoms. The Morgan fingerprint density at radius 2 is 1.88 bits per heavy atom. The summed E-state index contributed by atoms with van der Waals surface area (Å²) in [4.78, 5) is 40.4. The Balaban J connectivity index is 0.982. The van der Waals surface area contributed by atoms with Crippen molar-refractivity contribution >= 4 is 35.3 Å². The number of amides is 2. The van der Waals surface area contributed by atoms with Crippen LogP contribution in [0.5, 0.6) is 11.5 Å². The van der Waals surface area contributed by atoms with Gasteiger partial charge in [-0.25, -0.2) is 9.18 Å². The van der Waals surface area contributed by atoms with Crippen molar-refractivity contribution in [1.29, 1.82) is 0 Å². The predicted molar refractivity (Wildman–Crippen MR) is 151 cm³/mol. The van der Waals surface area contributed by atoms with Crippen molar-refractivity contribution in [2.45, 2.75) is 12.6 Å². The van der Waals surface area contributed by atoms with Crippen LogP contribution in [-0.2, 0) is 16.1 Å². The molecule has 14 heteroatoms. The summed E-state index contributed by atoms with van der Waals surface area (Å²) in [6.07, 6.45) is 1.81. The first-order valence-electron chi connectivity index (χ1n) is 13.7. The summed E-state index contributed by atoms with van der Waals surface area (Å²) in [5.74, 6) is 0.661. The van der Waals surface area contributed by atoms with Gasteiger partial charge in [-0.05, 0) is 48.0 Å². The van der Waals surface area contributed by atoms with E-state index in [4.69, 9.17) is 18.6 Å². The quantitative estimate of drug-likeness (QED) is 0.223. The fourth-order valence-corrected chi connectivity index (χ4v) is 5.14. The van der Waals surface area contributed by atoms with Gasteiger partial charge in [0, 0.05) is 32.3 Å². The highest BCUT2D eigenvalue weighted by Gasteiger charge is 2.33. The number of hydrogen-bond acceptors (Lipinski definition) is 10. The van der Waals surface area contributed by atoms with Gasteiger partial charge in [0.15, 0.2) is 11.5 Å². The van der Waals surface area contributed by atoms with E-state index in [1.54, 1.807) is 42.5 Å². The van der Waals surface area contributed by atoms with Crippen LogP contribution in [0.3, 0.4) is 0 Å². The lowest BCUT2D eigenvalue weighted by atomic mass is 10.2. The number of ether oxygens (including phenoxy) is 3. The van der Waals surface area contributed by atoms with E-state index in [0.29, 0.717) is 61.4 Å². The Morgan fingerprint density at radius 1 is 1.07 bits per heavy atom. The van der Waals surface area contributed by atoms with Crippen LogP contribution in [0, 0.1) is 15.9 Å². The molecule has 1 atom stereocenters. The second kappa shape index (κ2) is 12.0. The van der Waals surface area contributed by atoms with Crippen LogP contribution in [0.2, 0.25) is 0 Å². The summed E-state index contributed by atoms with van der Waals surface area (Å²) in [5.41, 5.74) is 1.55. The number of nitrogens with zero attached hydrogens (tertiary/aromatic N) is 4. The van der Waals surface area contributed by atoms with Crippen molar-refractivity contribution in [2.24, 2.45) is 0 Å². The van der Waals surface area contributed by atoms with Crippen LogP contribution in [0.25, 0.3) is 6.08 Å². The standard InChI is InChI=1S/C29H28FN5O8/c30-23-14-20(3-5-24(23)33-11-9-32(10-12-33)16-21-4-8-28(42-21)35(38)39)34-17-22(43-29(34)37)15-31-27(36)7-2-19-1-6-25-26(13-19)41-18-40-25/h1-8,13-14,22H,9-12,15-18H2,(H,31,36)/b7-2+. The number of furan rings is 1. The topological polar surface area (TPSA) is 140 Å². The van der Waals surface area contributed by atoms with Crippen LogP contribution in [0.15, 0.2) is 59.0 Å². The van der Waals surface area contributed by atoms with Gasteiger partial charge in [0.25, 0.3) is 0 Å². The highest BCUT2D eigenvalue weighted by atomic mass is 19.1. The third-order valence-corrected chi connectivity index (χ3v) is 7.36. The van der Waals surface area contributed by atoms with E-state index in [-0.39, 0.29) is 31.7 Å². The molecule has 13 nitrogen and oxygen atoms in total. The monoisotopic (exact) mass is 593 g/mol. The second-order valence-electron chi connectivity index (χ2n) is 10.2. The number of carbonyl (C=O) groups excluding carboxylic acids is 2. The molecular weight excluding hydrogens is 565 g/mol. The summed E-state index contributed by atoms with van der Waals surface area (Å²) >= 11 is 0. The lowest BCUT2D eigenvalue weighted by Gasteiger charge is -2.36. The van der Waals surface area contributed by atoms with Gasteiger partial charge < -0.3 is 28.8 Å². The highest BCUT2D eigenvalue weighted by Crippen LogP contribution is 2.33. The maximum Gasteiger partial charge on any atom is 0.433 e. The predicted octanol–water partition coefficient (Wildman–Crippen LogP) is 3.53. The second-order valence-corrected chi connectivity index (χ2v) is 10.2. The van der Waals surface area contributed by atoms with Crippen LogP contribution in [-0.4, -0.2) is 74.0 Å². The zero-order valence-corrected chi connectivity index (χ0v) is 22.9. The average Bonchev–Trinajstić information content (AvgIpc) is 3.75. The number of carbonyl (C=O) groups is 2. The molecule has 43 heavy (non-hydrogen) atoms. The maximum atomic E-state index is 15.2. The molecule has 1 unspecified atom stereocenters. The van der Waals surface area contributed by atoms with Gasteiger partial charge in [-0.3, -0.25) is 24.7 Å². The zero-order valence-electron chi connectivity index (χ0n) is 22.9. The van der Waals surface area contributed by atoms with Gasteiger partial charge in [-0.2, -0.15) is 0 Å². The van der Waals surface area contributed by atoms with Crippen molar-refractivity contribution in [3.8, 4) is 11.5 Å². The van der Waals surface area contributed by atoms with Gasteiger partial charge >= 0.3 is 12.0 Å². The molecule has 2 fully saturated rings. The minimum absolute atomic E-state index is 0.0999. The van der Waals surface area contributed by atoms with E-state index in [1.807, 2.05) is 4.90 Å². The molecule has 3 aliphatic rings. The molecule has 4 heterocycles. The van der Waals surface area contributed by atoms with Crippen molar-refractivity contribution in [2.75, 3.05) is 55.9 Å². The molecule has 1 N–H and O–H groups in total. The van der Waals surface area contributed by atoms with E-state index in [9.17, 15) is 19.7 Å². The normalized spacial score (nSPS) is 18.3. The Morgan fingerprint density at radius 3 is 2.65 bits per heavy atom. The molecule has 2 amide bonds. The Labute approximate surface area is 245 Å². The smallest absolute Gasteiger partial charge is 0.433 e. The molecule has 6 rings (SSSR count). The number of fused-ring (bicyclic) bond motifs is 1. The first kappa shape index (κ1) is 28.0. The van der Waals surface area contributed by atoms with Crippen molar-refractivity contribution < 1.29 is 37.5 Å². The average molecular weight is 594 g/mol. The van der Waals surface area contributed by atoms with Gasteiger partial charge in [-0.1, -0.05) is 6.07 Å². The lowest BCUT2D eigenvalue weighted by Crippen LogP contribution is -2.46. The molecule has 0 radical (unpaired) electrons. The number of cyclic esters (lactones) is 1. The molecule has 3 aliphatic heterocycles. The molecule has 2 saturated heterocycles. The van der Waals surface area contributed by atoms with Crippen molar-refractivity contribution in [3.63, 3.8) is 0 Å².